The van der Waals surface area contributed by atoms with Crippen LogP contribution >= 0.6 is 0 Å². The summed E-state index contributed by atoms with van der Waals surface area (Å²) in [7, 11) is -1.65. The van der Waals surface area contributed by atoms with Crippen LogP contribution in [0.4, 0.5) is 0 Å². The lowest BCUT2D eigenvalue weighted by Gasteiger charge is -2.38. The Morgan fingerprint density at radius 1 is 1.38 bits per heavy atom. The highest BCUT2D eigenvalue weighted by molar-refractivity contribution is 6.74. The summed E-state index contributed by atoms with van der Waals surface area (Å²) >= 11 is 0. The molecule has 1 fully saturated rings. The van der Waals surface area contributed by atoms with Gasteiger partial charge in [0.15, 0.2) is 8.32 Å². The van der Waals surface area contributed by atoms with E-state index in [-0.39, 0.29) is 5.04 Å². The third-order valence-corrected chi connectivity index (χ3v) is 9.07. The normalized spacial score (nSPS) is 32.1. The second kappa shape index (κ2) is 4.43. The van der Waals surface area contributed by atoms with E-state index in [9.17, 15) is 5.11 Å². The van der Waals surface area contributed by atoms with Gasteiger partial charge in [0.1, 0.15) is 0 Å². The smallest absolute Gasteiger partial charge is 0.191 e. The predicted octanol–water partition coefficient (Wildman–Crippen LogP) is 3.56. The van der Waals surface area contributed by atoms with Crippen LogP contribution in [0.2, 0.25) is 18.1 Å². The largest absolute Gasteiger partial charge is 0.416 e. The van der Waals surface area contributed by atoms with Crippen LogP contribution in [0.5, 0.6) is 0 Å². The Morgan fingerprint density at radius 3 is 2.31 bits per heavy atom. The molecule has 0 aromatic carbocycles. The van der Waals surface area contributed by atoms with Crippen LogP contribution in [0.15, 0.2) is 0 Å². The van der Waals surface area contributed by atoms with E-state index in [1.807, 2.05) is 6.92 Å². The Hall–Kier alpha value is 0.137. The monoisotopic (exact) mass is 244 g/mol. The average Bonchev–Trinajstić information content (AvgIpc) is 2.39. The molecule has 0 heterocycles. The van der Waals surface area contributed by atoms with Crippen molar-refractivity contribution in [2.75, 3.05) is 6.61 Å². The Kier molecular flexibility index (Phi) is 3.93. The van der Waals surface area contributed by atoms with Crippen LogP contribution in [0, 0.1) is 5.92 Å². The summed E-state index contributed by atoms with van der Waals surface area (Å²) in [6.45, 7) is 14.0. The molecule has 1 N–H and O–H groups in total. The standard InChI is InChI=1S/C13H28O2Si/c1-12(2,3)16(5,6)15-10-11-8-7-9-13(11,4)14/h11,14H,7-10H2,1-6H3/t11-,13-/m1/s1. The highest BCUT2D eigenvalue weighted by Gasteiger charge is 2.41. The summed E-state index contributed by atoms with van der Waals surface area (Å²) in [6.07, 6.45) is 3.18. The molecule has 2 atom stereocenters. The summed E-state index contributed by atoms with van der Waals surface area (Å²) in [5.74, 6) is 0.335. The van der Waals surface area contributed by atoms with Crippen LogP contribution in [0.1, 0.15) is 47.0 Å². The van der Waals surface area contributed by atoms with E-state index >= 15 is 0 Å². The number of hydrogen-bond donors (Lipinski definition) is 1. The van der Waals surface area contributed by atoms with Crippen molar-refractivity contribution >= 4 is 8.32 Å². The van der Waals surface area contributed by atoms with Crippen LogP contribution < -0.4 is 0 Å². The maximum atomic E-state index is 10.2. The second-order valence-electron chi connectivity index (χ2n) is 7.02. The molecule has 0 aromatic heterocycles. The minimum atomic E-state index is -1.65. The molecule has 0 bridgehead atoms. The van der Waals surface area contributed by atoms with Gasteiger partial charge in [0.2, 0.25) is 0 Å². The number of hydrogen-bond acceptors (Lipinski definition) is 2. The summed E-state index contributed by atoms with van der Waals surface area (Å²) < 4.78 is 6.19. The Labute approximate surface area is 102 Å². The minimum absolute atomic E-state index is 0.261. The van der Waals surface area contributed by atoms with Gasteiger partial charge in [-0.15, -0.1) is 0 Å². The molecule has 0 unspecified atom stereocenters. The molecule has 0 aromatic rings. The summed E-state index contributed by atoms with van der Waals surface area (Å²) in [5, 5.41) is 10.5. The van der Waals surface area contributed by atoms with Gasteiger partial charge in [-0.2, -0.15) is 0 Å². The zero-order valence-electron chi connectivity index (χ0n) is 11.8. The van der Waals surface area contributed by atoms with Crippen molar-refractivity contribution in [1.29, 1.82) is 0 Å². The van der Waals surface area contributed by atoms with E-state index in [1.165, 1.54) is 0 Å². The van der Waals surface area contributed by atoms with E-state index in [2.05, 4.69) is 33.9 Å². The topological polar surface area (TPSA) is 29.5 Å². The molecule has 0 aliphatic heterocycles. The van der Waals surface area contributed by atoms with Crippen molar-refractivity contribution in [3.8, 4) is 0 Å². The number of aliphatic hydroxyl groups is 1. The van der Waals surface area contributed by atoms with Crippen LogP contribution in [-0.4, -0.2) is 25.6 Å². The molecule has 1 aliphatic carbocycles. The average molecular weight is 244 g/mol. The first kappa shape index (κ1) is 14.2. The van der Waals surface area contributed by atoms with Crippen molar-refractivity contribution in [2.24, 2.45) is 5.92 Å². The van der Waals surface area contributed by atoms with Crippen molar-refractivity contribution in [2.45, 2.75) is 70.7 Å². The van der Waals surface area contributed by atoms with Gasteiger partial charge >= 0.3 is 0 Å². The van der Waals surface area contributed by atoms with Gasteiger partial charge in [-0.3, -0.25) is 0 Å². The first-order chi connectivity index (χ1) is 7.06. The molecule has 0 radical (unpaired) electrons. The van der Waals surface area contributed by atoms with Crippen LogP contribution in [0.3, 0.4) is 0 Å². The highest BCUT2D eigenvalue weighted by atomic mass is 28.4. The fraction of sp³-hybridized carbons (Fsp3) is 1.00. The zero-order valence-corrected chi connectivity index (χ0v) is 12.8. The number of rotatable bonds is 3. The van der Waals surface area contributed by atoms with Gasteiger partial charge in [-0.05, 0) is 37.9 Å². The molecule has 0 saturated heterocycles. The van der Waals surface area contributed by atoms with Gasteiger partial charge in [-0.1, -0.05) is 27.2 Å². The van der Waals surface area contributed by atoms with Gasteiger partial charge in [0, 0.05) is 12.5 Å². The summed E-state index contributed by atoms with van der Waals surface area (Å²) in [5.41, 5.74) is -0.498. The summed E-state index contributed by atoms with van der Waals surface area (Å²) in [6, 6.07) is 0. The van der Waals surface area contributed by atoms with Crippen molar-refractivity contribution in [1.82, 2.24) is 0 Å². The third kappa shape index (κ3) is 3.08. The molecule has 1 saturated carbocycles. The molecular weight excluding hydrogens is 216 g/mol. The lowest BCUT2D eigenvalue weighted by Crippen LogP contribution is -2.44. The van der Waals surface area contributed by atoms with Gasteiger partial charge in [-0.25, -0.2) is 0 Å². The SMILES string of the molecule is CC(C)(C)[Si](C)(C)OC[C@H]1CCC[C@@]1(C)O. The first-order valence-electron chi connectivity index (χ1n) is 6.43. The van der Waals surface area contributed by atoms with Crippen LogP contribution in [0.25, 0.3) is 0 Å². The van der Waals surface area contributed by atoms with E-state index in [0.717, 1.165) is 25.9 Å². The lowest BCUT2D eigenvalue weighted by atomic mass is 9.94. The van der Waals surface area contributed by atoms with E-state index in [1.54, 1.807) is 0 Å². The van der Waals surface area contributed by atoms with E-state index < -0.39 is 13.9 Å². The molecular formula is C13H28O2Si. The second-order valence-corrected chi connectivity index (χ2v) is 11.8. The van der Waals surface area contributed by atoms with Gasteiger partial charge in [0.05, 0.1) is 5.60 Å². The quantitative estimate of drug-likeness (QED) is 0.769. The molecule has 1 rings (SSSR count). The van der Waals surface area contributed by atoms with Crippen molar-refractivity contribution in [3.05, 3.63) is 0 Å². The van der Waals surface area contributed by atoms with Gasteiger partial charge < -0.3 is 9.53 Å². The molecule has 96 valence electrons. The zero-order chi connectivity index (χ0) is 12.6. The van der Waals surface area contributed by atoms with Crippen molar-refractivity contribution in [3.63, 3.8) is 0 Å². The Bertz CT molecular complexity index is 241. The fourth-order valence-corrected chi connectivity index (χ4v) is 3.06. The molecule has 1 aliphatic rings. The minimum Gasteiger partial charge on any atom is -0.416 e. The highest BCUT2D eigenvalue weighted by Crippen LogP contribution is 2.40. The molecule has 0 spiro atoms. The van der Waals surface area contributed by atoms with Gasteiger partial charge in [0.25, 0.3) is 0 Å². The fourth-order valence-electron chi connectivity index (χ4n) is 2.01. The molecule has 16 heavy (non-hydrogen) atoms. The van der Waals surface area contributed by atoms with Crippen LogP contribution in [-0.2, 0) is 4.43 Å². The summed E-state index contributed by atoms with van der Waals surface area (Å²) in [4.78, 5) is 0. The maximum absolute atomic E-state index is 10.2. The van der Waals surface area contributed by atoms with E-state index in [0.29, 0.717) is 5.92 Å². The van der Waals surface area contributed by atoms with E-state index in [4.69, 9.17) is 4.43 Å². The Morgan fingerprint density at radius 2 is 1.94 bits per heavy atom. The Balaban J connectivity index is 2.52. The lowest BCUT2D eigenvalue weighted by molar-refractivity contribution is 0.000451. The third-order valence-electron chi connectivity index (χ3n) is 4.57. The maximum Gasteiger partial charge on any atom is 0.191 e. The van der Waals surface area contributed by atoms with Crippen molar-refractivity contribution < 1.29 is 9.53 Å². The molecule has 3 heteroatoms. The first-order valence-corrected chi connectivity index (χ1v) is 9.33. The molecule has 2 nitrogen and oxygen atoms in total. The predicted molar refractivity (Wildman–Crippen MR) is 71.1 cm³/mol. The molecule has 0 amide bonds.